The average Bonchev–Trinajstić information content (AvgIpc) is 3.11. The molecule has 0 aliphatic heterocycles. The number of rotatable bonds is 4. The molecule has 144 valence electrons. The number of hydrogen-bond donors (Lipinski definition) is 1. The van der Waals surface area contributed by atoms with Crippen molar-refractivity contribution in [1.82, 2.24) is 19.9 Å². The van der Waals surface area contributed by atoms with Crippen LogP contribution >= 0.6 is 0 Å². The summed E-state index contributed by atoms with van der Waals surface area (Å²) in [6.07, 6.45) is 3.23. The van der Waals surface area contributed by atoms with Gasteiger partial charge in [-0.2, -0.15) is 0 Å². The van der Waals surface area contributed by atoms with E-state index >= 15 is 0 Å². The van der Waals surface area contributed by atoms with Gasteiger partial charge in [0.15, 0.2) is 11.7 Å². The third kappa shape index (κ3) is 3.86. The van der Waals surface area contributed by atoms with Crippen molar-refractivity contribution in [3.63, 3.8) is 0 Å². The molecule has 0 aliphatic rings. The highest BCUT2D eigenvalue weighted by Gasteiger charge is 2.23. The maximum absolute atomic E-state index is 14.2. The number of benzene rings is 1. The van der Waals surface area contributed by atoms with E-state index in [9.17, 15) is 9.18 Å². The van der Waals surface area contributed by atoms with E-state index in [1.54, 1.807) is 37.4 Å². The SMILES string of the molecule is Cc1ccc(-c2nccc(NC(=O)c3oc(C)nc3-c3ccccc3F)n2)nc1. The highest BCUT2D eigenvalue weighted by atomic mass is 19.1. The first-order valence-electron chi connectivity index (χ1n) is 8.81. The van der Waals surface area contributed by atoms with Gasteiger partial charge in [-0.05, 0) is 36.8 Å². The first kappa shape index (κ1) is 18.4. The molecule has 0 fully saturated rings. The third-order valence-corrected chi connectivity index (χ3v) is 4.11. The first-order chi connectivity index (χ1) is 14.0. The zero-order valence-corrected chi connectivity index (χ0v) is 15.7. The predicted octanol–water partition coefficient (Wildman–Crippen LogP) is 4.20. The molecule has 3 aromatic heterocycles. The van der Waals surface area contributed by atoms with Crippen molar-refractivity contribution in [3.05, 3.63) is 77.9 Å². The van der Waals surface area contributed by atoms with Crippen LogP contribution in [0.25, 0.3) is 22.8 Å². The molecule has 29 heavy (non-hydrogen) atoms. The van der Waals surface area contributed by atoms with E-state index in [0.717, 1.165) is 5.56 Å². The molecule has 7 nitrogen and oxygen atoms in total. The van der Waals surface area contributed by atoms with Crippen molar-refractivity contribution >= 4 is 11.7 Å². The van der Waals surface area contributed by atoms with Crippen molar-refractivity contribution in [3.8, 4) is 22.8 Å². The van der Waals surface area contributed by atoms with E-state index in [1.807, 2.05) is 13.0 Å². The van der Waals surface area contributed by atoms with Gasteiger partial charge in [-0.3, -0.25) is 9.78 Å². The van der Waals surface area contributed by atoms with Crippen LogP contribution in [0.15, 0.2) is 59.3 Å². The van der Waals surface area contributed by atoms with Crippen molar-refractivity contribution in [2.45, 2.75) is 13.8 Å². The molecule has 8 heteroatoms. The summed E-state index contributed by atoms with van der Waals surface area (Å²) < 4.78 is 19.6. The second-order valence-corrected chi connectivity index (χ2v) is 6.33. The van der Waals surface area contributed by atoms with E-state index in [4.69, 9.17) is 4.42 Å². The van der Waals surface area contributed by atoms with E-state index in [2.05, 4.69) is 25.3 Å². The number of anilines is 1. The Balaban J connectivity index is 1.64. The van der Waals surface area contributed by atoms with Gasteiger partial charge in [0.1, 0.15) is 23.0 Å². The zero-order chi connectivity index (χ0) is 20.4. The van der Waals surface area contributed by atoms with Crippen LogP contribution in [0.1, 0.15) is 22.0 Å². The van der Waals surface area contributed by atoms with Crippen LogP contribution < -0.4 is 5.32 Å². The maximum atomic E-state index is 14.2. The van der Waals surface area contributed by atoms with Gasteiger partial charge in [0.05, 0.1) is 0 Å². The van der Waals surface area contributed by atoms with Crippen LogP contribution in [0.4, 0.5) is 10.2 Å². The van der Waals surface area contributed by atoms with Gasteiger partial charge < -0.3 is 9.73 Å². The second kappa shape index (κ2) is 7.59. The summed E-state index contributed by atoms with van der Waals surface area (Å²) in [6.45, 7) is 3.52. The fraction of sp³-hybridized carbons (Fsp3) is 0.0952. The number of hydrogen-bond acceptors (Lipinski definition) is 6. The van der Waals surface area contributed by atoms with Crippen molar-refractivity contribution < 1.29 is 13.6 Å². The Labute approximate surface area is 165 Å². The summed E-state index contributed by atoms with van der Waals surface area (Å²) in [7, 11) is 0. The lowest BCUT2D eigenvalue weighted by Crippen LogP contribution is -2.14. The summed E-state index contributed by atoms with van der Waals surface area (Å²) in [4.78, 5) is 29.7. The van der Waals surface area contributed by atoms with E-state index < -0.39 is 11.7 Å². The molecule has 0 saturated heterocycles. The molecule has 1 aromatic carbocycles. The Bertz CT molecular complexity index is 1190. The normalized spacial score (nSPS) is 10.7. The summed E-state index contributed by atoms with van der Waals surface area (Å²) in [5.74, 6) is -0.307. The van der Waals surface area contributed by atoms with Crippen LogP contribution in [0.5, 0.6) is 0 Å². The highest BCUT2D eigenvalue weighted by molar-refractivity contribution is 6.05. The molecule has 0 saturated carbocycles. The number of aromatic nitrogens is 4. The van der Waals surface area contributed by atoms with Crippen LogP contribution in [-0.4, -0.2) is 25.8 Å². The van der Waals surface area contributed by atoms with Crippen LogP contribution in [-0.2, 0) is 0 Å². The summed E-state index contributed by atoms with van der Waals surface area (Å²) in [5, 5.41) is 2.65. The van der Waals surface area contributed by atoms with Gasteiger partial charge in [-0.25, -0.2) is 19.3 Å². The molecule has 3 heterocycles. The van der Waals surface area contributed by atoms with E-state index in [1.165, 1.54) is 18.3 Å². The number of amides is 1. The molecule has 4 rings (SSSR count). The number of oxazole rings is 1. The van der Waals surface area contributed by atoms with Gasteiger partial charge in [0, 0.05) is 24.9 Å². The lowest BCUT2D eigenvalue weighted by molar-refractivity contribution is 0.0996. The molecule has 0 unspecified atom stereocenters. The van der Waals surface area contributed by atoms with E-state index in [0.29, 0.717) is 11.5 Å². The number of carbonyl (C=O) groups excluding carboxylic acids is 1. The average molecular weight is 389 g/mol. The van der Waals surface area contributed by atoms with Gasteiger partial charge >= 0.3 is 0 Å². The first-order valence-corrected chi connectivity index (χ1v) is 8.81. The molecule has 0 spiro atoms. The minimum Gasteiger partial charge on any atom is -0.435 e. The number of aryl methyl sites for hydroxylation is 2. The molecule has 0 atom stereocenters. The third-order valence-electron chi connectivity index (χ3n) is 4.11. The van der Waals surface area contributed by atoms with Gasteiger partial charge in [0.2, 0.25) is 5.76 Å². The monoisotopic (exact) mass is 389 g/mol. The number of nitrogens with one attached hydrogen (secondary N) is 1. The molecular weight excluding hydrogens is 373 g/mol. The molecule has 0 radical (unpaired) electrons. The standard InChI is InChI=1S/C21H16FN5O2/c1-12-7-8-16(24-11-12)20-23-10-9-17(26-20)27-21(28)19-18(25-13(2)29-19)14-5-3-4-6-15(14)22/h3-11H,1-2H3,(H,23,26,27,28). The van der Waals surface area contributed by atoms with Gasteiger partial charge in [-0.15, -0.1) is 0 Å². The van der Waals surface area contributed by atoms with Crippen LogP contribution in [0, 0.1) is 19.7 Å². The molecule has 1 amide bonds. The van der Waals surface area contributed by atoms with Crippen molar-refractivity contribution in [2.75, 3.05) is 5.32 Å². The minimum atomic E-state index is -0.592. The molecular formula is C21H16FN5O2. The maximum Gasteiger partial charge on any atom is 0.294 e. The summed E-state index contributed by atoms with van der Waals surface area (Å²) in [6, 6.07) is 11.3. The van der Waals surface area contributed by atoms with Crippen LogP contribution in [0.3, 0.4) is 0 Å². The lowest BCUT2D eigenvalue weighted by atomic mass is 10.1. The Morgan fingerprint density at radius 2 is 1.86 bits per heavy atom. The summed E-state index contributed by atoms with van der Waals surface area (Å²) >= 11 is 0. The molecule has 0 aliphatic carbocycles. The quantitative estimate of drug-likeness (QED) is 0.562. The number of nitrogens with zero attached hydrogens (tertiary/aromatic N) is 4. The number of carbonyl (C=O) groups is 1. The topological polar surface area (TPSA) is 93.8 Å². The highest BCUT2D eigenvalue weighted by Crippen LogP contribution is 2.27. The lowest BCUT2D eigenvalue weighted by Gasteiger charge is -2.06. The van der Waals surface area contributed by atoms with Crippen molar-refractivity contribution in [1.29, 1.82) is 0 Å². The minimum absolute atomic E-state index is 0.0961. The Kier molecular flexibility index (Phi) is 4.82. The second-order valence-electron chi connectivity index (χ2n) is 6.33. The van der Waals surface area contributed by atoms with Crippen LogP contribution in [0.2, 0.25) is 0 Å². The Morgan fingerprint density at radius 1 is 1.03 bits per heavy atom. The largest absolute Gasteiger partial charge is 0.435 e. The molecule has 1 N–H and O–H groups in total. The number of pyridine rings is 1. The fourth-order valence-electron chi connectivity index (χ4n) is 2.74. The summed E-state index contributed by atoms with van der Waals surface area (Å²) in [5.41, 5.74) is 1.91. The fourth-order valence-corrected chi connectivity index (χ4v) is 2.74. The van der Waals surface area contributed by atoms with E-state index in [-0.39, 0.29) is 28.7 Å². The Morgan fingerprint density at radius 3 is 2.62 bits per heavy atom. The predicted molar refractivity (Wildman–Crippen MR) is 105 cm³/mol. The molecule has 4 aromatic rings. The van der Waals surface area contributed by atoms with Gasteiger partial charge in [0.25, 0.3) is 5.91 Å². The number of halogens is 1. The Hall–Kier alpha value is -3.94. The zero-order valence-electron chi connectivity index (χ0n) is 15.7. The van der Waals surface area contributed by atoms with Gasteiger partial charge in [-0.1, -0.05) is 18.2 Å². The van der Waals surface area contributed by atoms with Crippen molar-refractivity contribution in [2.24, 2.45) is 0 Å². The smallest absolute Gasteiger partial charge is 0.294 e. The molecule has 0 bridgehead atoms.